The average Bonchev–Trinajstić information content (AvgIpc) is 3.01. The summed E-state index contributed by atoms with van der Waals surface area (Å²) in [4.78, 5) is 24.0. The van der Waals surface area contributed by atoms with E-state index in [4.69, 9.17) is 5.73 Å². The molecule has 0 bridgehead atoms. The van der Waals surface area contributed by atoms with Crippen LogP contribution in [0, 0.1) is 11.8 Å². The summed E-state index contributed by atoms with van der Waals surface area (Å²) in [6.45, 7) is 1.29. The van der Waals surface area contributed by atoms with E-state index >= 15 is 0 Å². The molecule has 5 nitrogen and oxygen atoms in total. The van der Waals surface area contributed by atoms with Gasteiger partial charge in [-0.05, 0) is 57.4 Å². The van der Waals surface area contributed by atoms with Crippen LogP contribution in [-0.2, 0) is 9.59 Å². The minimum absolute atomic E-state index is 0.112. The highest BCUT2D eigenvalue weighted by Gasteiger charge is 2.27. The number of nitrogens with one attached hydrogen (secondary N) is 2. The quantitative estimate of drug-likeness (QED) is 0.626. The number of hydrogen-bond donors (Lipinski definition) is 3. The fraction of sp³-hybridized carbons (Fsp3) is 0.882. The second-order valence-electron chi connectivity index (χ2n) is 6.90. The number of amides is 2. The third kappa shape index (κ3) is 5.59. The summed E-state index contributed by atoms with van der Waals surface area (Å²) in [7, 11) is 0. The maximum absolute atomic E-state index is 12.1. The summed E-state index contributed by atoms with van der Waals surface area (Å²) in [5, 5.41) is 6.12. The minimum Gasteiger partial charge on any atom is -0.356 e. The first-order valence-corrected chi connectivity index (χ1v) is 8.96. The fourth-order valence-electron chi connectivity index (χ4n) is 3.72. The van der Waals surface area contributed by atoms with Gasteiger partial charge in [0.1, 0.15) is 0 Å². The molecule has 0 radical (unpaired) electrons. The zero-order valence-electron chi connectivity index (χ0n) is 13.6. The molecule has 5 heteroatoms. The third-order valence-corrected chi connectivity index (χ3v) is 5.09. The van der Waals surface area contributed by atoms with Crippen LogP contribution in [0.15, 0.2) is 0 Å². The molecule has 2 rings (SSSR count). The molecule has 4 N–H and O–H groups in total. The second-order valence-corrected chi connectivity index (χ2v) is 6.90. The maximum Gasteiger partial charge on any atom is 0.223 e. The fourth-order valence-corrected chi connectivity index (χ4v) is 3.72. The topological polar surface area (TPSA) is 84.2 Å². The van der Waals surface area contributed by atoms with E-state index in [0.29, 0.717) is 25.4 Å². The molecule has 0 aromatic heterocycles. The lowest BCUT2D eigenvalue weighted by atomic mass is 9.85. The number of hydrogen-bond acceptors (Lipinski definition) is 3. The standard InChI is InChI=1S/C17H31N3O2/c18-10-3-11-19-17(22)14-6-8-15(9-7-14)20-16(21)12-13-4-1-2-5-13/h13-15H,1-12,18H2,(H,19,22)(H,20,21). The Kier molecular flexibility index (Phi) is 7.16. The zero-order valence-corrected chi connectivity index (χ0v) is 13.6. The molecule has 2 fully saturated rings. The first kappa shape index (κ1) is 17.3. The molecule has 2 saturated carbocycles. The van der Waals surface area contributed by atoms with E-state index in [1.165, 1.54) is 25.7 Å². The molecular weight excluding hydrogens is 278 g/mol. The average molecular weight is 309 g/mol. The number of carbonyl (C=O) groups is 2. The number of rotatable bonds is 7. The van der Waals surface area contributed by atoms with Gasteiger partial charge in [0.05, 0.1) is 0 Å². The Morgan fingerprint density at radius 3 is 2.32 bits per heavy atom. The lowest BCUT2D eigenvalue weighted by Gasteiger charge is -2.28. The van der Waals surface area contributed by atoms with Crippen LogP contribution in [-0.4, -0.2) is 30.9 Å². The normalized spacial score (nSPS) is 25.9. The van der Waals surface area contributed by atoms with Crippen molar-refractivity contribution in [1.82, 2.24) is 10.6 Å². The van der Waals surface area contributed by atoms with Crippen LogP contribution in [0.3, 0.4) is 0 Å². The largest absolute Gasteiger partial charge is 0.356 e. The molecular formula is C17H31N3O2. The number of carbonyl (C=O) groups excluding carboxylic acids is 2. The SMILES string of the molecule is NCCCNC(=O)C1CCC(NC(=O)CC2CCCC2)CC1. The van der Waals surface area contributed by atoms with E-state index < -0.39 is 0 Å². The summed E-state index contributed by atoms with van der Waals surface area (Å²) < 4.78 is 0. The Balaban J connectivity index is 1.61. The van der Waals surface area contributed by atoms with Crippen LogP contribution in [0.5, 0.6) is 0 Å². The van der Waals surface area contributed by atoms with E-state index in [9.17, 15) is 9.59 Å². The summed E-state index contributed by atoms with van der Waals surface area (Å²) in [6.07, 6.45) is 10.1. The van der Waals surface area contributed by atoms with E-state index in [1.807, 2.05) is 0 Å². The lowest BCUT2D eigenvalue weighted by Crippen LogP contribution is -2.41. The van der Waals surface area contributed by atoms with Gasteiger partial charge in [0.2, 0.25) is 11.8 Å². The Morgan fingerprint density at radius 2 is 1.68 bits per heavy atom. The molecule has 0 saturated heterocycles. The van der Waals surface area contributed by atoms with Crippen molar-refractivity contribution in [2.75, 3.05) is 13.1 Å². The van der Waals surface area contributed by atoms with Gasteiger partial charge in [0, 0.05) is 24.9 Å². The first-order valence-electron chi connectivity index (χ1n) is 8.96. The van der Waals surface area contributed by atoms with E-state index in [-0.39, 0.29) is 23.8 Å². The van der Waals surface area contributed by atoms with Crippen LogP contribution in [0.4, 0.5) is 0 Å². The van der Waals surface area contributed by atoms with Gasteiger partial charge in [-0.25, -0.2) is 0 Å². The van der Waals surface area contributed by atoms with Gasteiger partial charge in [0.15, 0.2) is 0 Å². The summed E-state index contributed by atoms with van der Waals surface area (Å²) in [5.74, 6) is 1.08. The molecule has 0 aromatic rings. The van der Waals surface area contributed by atoms with E-state index in [0.717, 1.165) is 32.1 Å². The molecule has 0 aromatic carbocycles. The molecule has 2 aliphatic carbocycles. The van der Waals surface area contributed by atoms with Crippen molar-refractivity contribution >= 4 is 11.8 Å². The molecule has 0 heterocycles. The molecule has 0 spiro atoms. The van der Waals surface area contributed by atoms with Crippen LogP contribution in [0.2, 0.25) is 0 Å². The van der Waals surface area contributed by atoms with Gasteiger partial charge in [-0.1, -0.05) is 12.8 Å². The predicted octanol–water partition coefficient (Wildman–Crippen LogP) is 1.71. The van der Waals surface area contributed by atoms with Gasteiger partial charge in [-0.3, -0.25) is 9.59 Å². The Hall–Kier alpha value is -1.10. The molecule has 0 unspecified atom stereocenters. The van der Waals surface area contributed by atoms with Gasteiger partial charge in [0.25, 0.3) is 0 Å². The van der Waals surface area contributed by atoms with Crippen LogP contribution >= 0.6 is 0 Å². The molecule has 22 heavy (non-hydrogen) atoms. The first-order chi connectivity index (χ1) is 10.7. The molecule has 126 valence electrons. The van der Waals surface area contributed by atoms with Crippen LogP contribution in [0.25, 0.3) is 0 Å². The zero-order chi connectivity index (χ0) is 15.8. The van der Waals surface area contributed by atoms with E-state index in [2.05, 4.69) is 10.6 Å². The van der Waals surface area contributed by atoms with Crippen molar-refractivity contribution in [2.45, 2.75) is 70.3 Å². The monoisotopic (exact) mass is 309 g/mol. The predicted molar refractivity (Wildman–Crippen MR) is 87.1 cm³/mol. The van der Waals surface area contributed by atoms with Crippen molar-refractivity contribution < 1.29 is 9.59 Å². The highest BCUT2D eigenvalue weighted by Crippen LogP contribution is 2.28. The number of nitrogens with two attached hydrogens (primary N) is 1. The Labute approximate surface area is 133 Å². The highest BCUT2D eigenvalue weighted by molar-refractivity contribution is 5.79. The van der Waals surface area contributed by atoms with Gasteiger partial charge in [-0.2, -0.15) is 0 Å². The van der Waals surface area contributed by atoms with Crippen molar-refractivity contribution in [3.63, 3.8) is 0 Å². The van der Waals surface area contributed by atoms with Crippen molar-refractivity contribution in [2.24, 2.45) is 17.6 Å². The smallest absolute Gasteiger partial charge is 0.223 e. The summed E-state index contributed by atoms with van der Waals surface area (Å²) >= 11 is 0. The van der Waals surface area contributed by atoms with Crippen molar-refractivity contribution in [3.05, 3.63) is 0 Å². The Bertz CT molecular complexity index is 359. The highest BCUT2D eigenvalue weighted by atomic mass is 16.2. The Morgan fingerprint density at radius 1 is 1.00 bits per heavy atom. The molecule has 0 atom stereocenters. The van der Waals surface area contributed by atoms with Crippen molar-refractivity contribution in [3.8, 4) is 0 Å². The summed E-state index contributed by atoms with van der Waals surface area (Å²) in [6, 6.07) is 0.266. The molecule has 2 amide bonds. The van der Waals surface area contributed by atoms with Gasteiger partial charge >= 0.3 is 0 Å². The van der Waals surface area contributed by atoms with Crippen LogP contribution < -0.4 is 16.4 Å². The molecule has 0 aliphatic heterocycles. The molecule has 2 aliphatic rings. The third-order valence-electron chi connectivity index (χ3n) is 5.09. The second kappa shape index (κ2) is 9.13. The van der Waals surface area contributed by atoms with Gasteiger partial charge < -0.3 is 16.4 Å². The van der Waals surface area contributed by atoms with Gasteiger partial charge in [-0.15, -0.1) is 0 Å². The minimum atomic E-state index is 0.112. The van der Waals surface area contributed by atoms with Crippen LogP contribution in [0.1, 0.15) is 64.2 Å². The van der Waals surface area contributed by atoms with E-state index in [1.54, 1.807) is 0 Å². The lowest BCUT2D eigenvalue weighted by molar-refractivity contribution is -0.126. The maximum atomic E-state index is 12.1. The summed E-state index contributed by atoms with van der Waals surface area (Å²) in [5.41, 5.74) is 5.42. The van der Waals surface area contributed by atoms with Crippen molar-refractivity contribution in [1.29, 1.82) is 0 Å².